The van der Waals surface area contributed by atoms with Crippen molar-refractivity contribution in [2.24, 2.45) is 0 Å². The third-order valence-electron chi connectivity index (χ3n) is 2.38. The Morgan fingerprint density at radius 1 is 1.48 bits per heavy atom. The monoisotopic (exact) mass is 307 g/mol. The smallest absolute Gasteiger partial charge is 0.256 e. The Balaban J connectivity index is 2.89. The first kappa shape index (κ1) is 17.3. The average Bonchev–Trinajstić information content (AvgIpc) is 2.43. The van der Waals surface area contributed by atoms with Crippen LogP contribution in [0.2, 0.25) is 0 Å². The van der Waals surface area contributed by atoms with Gasteiger partial charge >= 0.3 is 0 Å². The molecule has 0 aliphatic carbocycles. The predicted octanol–water partition coefficient (Wildman–Crippen LogP) is 3.43. The summed E-state index contributed by atoms with van der Waals surface area (Å²) in [6, 6.07) is 5.01. The first-order valence-electron chi connectivity index (χ1n) is 6.65. The number of rotatable bonds is 7. The molecule has 0 radical (unpaired) electrons. The lowest BCUT2D eigenvalue weighted by molar-refractivity contribution is 0.0968. The Labute approximate surface area is 129 Å². The van der Waals surface area contributed by atoms with Crippen molar-refractivity contribution in [3.05, 3.63) is 52.4 Å². The summed E-state index contributed by atoms with van der Waals surface area (Å²) in [6.07, 6.45) is 1.86. The third kappa shape index (κ3) is 6.06. The molecule has 114 valence electrons. The molecule has 1 aromatic carbocycles. The second-order valence-electron chi connectivity index (χ2n) is 4.65. The van der Waals surface area contributed by atoms with Crippen LogP contribution in [0.1, 0.15) is 36.7 Å². The Kier molecular flexibility index (Phi) is 7.05. The third-order valence-corrected chi connectivity index (χ3v) is 3.18. The lowest BCUT2D eigenvalue weighted by Crippen LogP contribution is -2.21. The maximum atomic E-state index is 12.2. The number of nitrogens with one attached hydrogen (secondary N) is 1. The van der Waals surface area contributed by atoms with Crippen molar-refractivity contribution in [2.45, 2.75) is 33.5 Å². The molecule has 0 atom stereocenters. The maximum Gasteiger partial charge on any atom is 0.256 e. The minimum atomic E-state index is -0.277. The van der Waals surface area contributed by atoms with Gasteiger partial charge in [0.25, 0.3) is 5.91 Å². The molecule has 0 heterocycles. The molecule has 0 aromatic heterocycles. The van der Waals surface area contributed by atoms with Gasteiger partial charge < -0.3 is 15.2 Å². The van der Waals surface area contributed by atoms with Crippen molar-refractivity contribution in [3.63, 3.8) is 0 Å². The minimum absolute atomic E-state index is 0.00457. The van der Waals surface area contributed by atoms with Crippen molar-refractivity contribution in [2.75, 3.05) is 0 Å². The van der Waals surface area contributed by atoms with Crippen LogP contribution in [0.5, 0.6) is 5.75 Å². The second-order valence-corrected chi connectivity index (χ2v) is 5.66. The van der Waals surface area contributed by atoms with E-state index >= 15 is 0 Å². The average molecular weight is 307 g/mol. The molecule has 5 heteroatoms. The number of thioether (sulfide) groups is 1. The van der Waals surface area contributed by atoms with Crippen LogP contribution in [0.3, 0.4) is 0 Å². The fraction of sp³-hybridized carbons (Fsp3) is 0.312. The van der Waals surface area contributed by atoms with Gasteiger partial charge in [-0.15, -0.1) is 0 Å². The van der Waals surface area contributed by atoms with Crippen molar-refractivity contribution in [1.82, 2.24) is 5.32 Å². The van der Waals surface area contributed by atoms with E-state index < -0.39 is 0 Å². The SMILES string of the molecule is C=C(NC(=O)c1cc(CO)cc(OC(C)C)c1)S/C=C\C. The highest BCUT2D eigenvalue weighted by atomic mass is 32.2. The lowest BCUT2D eigenvalue weighted by Gasteiger charge is -2.13. The van der Waals surface area contributed by atoms with Gasteiger partial charge in [-0.1, -0.05) is 24.4 Å². The topological polar surface area (TPSA) is 58.6 Å². The number of carbonyl (C=O) groups is 1. The van der Waals surface area contributed by atoms with E-state index in [2.05, 4.69) is 11.9 Å². The Hall–Kier alpha value is -1.72. The van der Waals surface area contributed by atoms with E-state index in [1.54, 1.807) is 18.2 Å². The molecule has 0 aliphatic heterocycles. The molecular formula is C16H21NO3S. The second kappa shape index (κ2) is 8.54. The molecule has 4 nitrogen and oxygen atoms in total. The van der Waals surface area contributed by atoms with Gasteiger partial charge in [-0.3, -0.25) is 4.79 Å². The molecular weight excluding hydrogens is 286 g/mol. The Morgan fingerprint density at radius 2 is 2.19 bits per heavy atom. The van der Waals surface area contributed by atoms with Gasteiger partial charge in [-0.05, 0) is 49.9 Å². The fourth-order valence-electron chi connectivity index (χ4n) is 1.60. The van der Waals surface area contributed by atoms with Crippen LogP contribution in [-0.2, 0) is 6.61 Å². The number of benzene rings is 1. The highest BCUT2D eigenvalue weighted by molar-refractivity contribution is 8.05. The van der Waals surface area contributed by atoms with Gasteiger partial charge in [-0.2, -0.15) is 0 Å². The van der Waals surface area contributed by atoms with Crippen LogP contribution >= 0.6 is 11.8 Å². The Morgan fingerprint density at radius 3 is 2.76 bits per heavy atom. The van der Waals surface area contributed by atoms with Gasteiger partial charge in [0.2, 0.25) is 0 Å². The van der Waals surface area contributed by atoms with Crippen molar-refractivity contribution >= 4 is 17.7 Å². The lowest BCUT2D eigenvalue weighted by atomic mass is 10.1. The summed E-state index contributed by atoms with van der Waals surface area (Å²) < 4.78 is 5.59. The van der Waals surface area contributed by atoms with E-state index in [0.717, 1.165) is 0 Å². The summed E-state index contributed by atoms with van der Waals surface area (Å²) in [4.78, 5) is 12.2. The first-order chi connectivity index (χ1) is 9.96. The zero-order valence-corrected chi connectivity index (χ0v) is 13.4. The largest absolute Gasteiger partial charge is 0.491 e. The molecule has 21 heavy (non-hydrogen) atoms. The Bertz CT molecular complexity index is 538. The van der Waals surface area contributed by atoms with E-state index in [4.69, 9.17) is 4.74 Å². The molecule has 0 bridgehead atoms. The molecule has 0 saturated carbocycles. The van der Waals surface area contributed by atoms with E-state index in [9.17, 15) is 9.90 Å². The van der Waals surface area contributed by atoms with Gasteiger partial charge in [0.1, 0.15) is 5.75 Å². The van der Waals surface area contributed by atoms with Gasteiger partial charge in [-0.25, -0.2) is 0 Å². The molecule has 0 unspecified atom stereocenters. The number of hydrogen-bond acceptors (Lipinski definition) is 4. The number of carbonyl (C=O) groups excluding carboxylic acids is 1. The predicted molar refractivity (Wildman–Crippen MR) is 87.1 cm³/mol. The molecule has 1 rings (SSSR count). The summed E-state index contributed by atoms with van der Waals surface area (Å²) in [5.41, 5.74) is 1.06. The van der Waals surface area contributed by atoms with E-state index in [1.807, 2.05) is 32.3 Å². The maximum absolute atomic E-state index is 12.2. The number of amides is 1. The molecule has 1 amide bonds. The molecule has 0 fully saturated rings. The summed E-state index contributed by atoms with van der Waals surface area (Å²) in [5, 5.41) is 14.4. The number of allylic oxidation sites excluding steroid dienone is 1. The van der Waals surface area contributed by atoms with Gasteiger partial charge in [0, 0.05) is 5.56 Å². The molecule has 2 N–H and O–H groups in total. The minimum Gasteiger partial charge on any atom is -0.491 e. The first-order valence-corrected chi connectivity index (χ1v) is 7.53. The van der Waals surface area contributed by atoms with Crippen LogP contribution < -0.4 is 10.1 Å². The van der Waals surface area contributed by atoms with Crippen LogP contribution in [0, 0.1) is 0 Å². The molecule has 0 saturated heterocycles. The number of ether oxygens (including phenoxy) is 1. The summed E-state index contributed by atoms with van der Waals surface area (Å²) in [5.74, 6) is 0.286. The van der Waals surface area contributed by atoms with Crippen LogP contribution in [0.4, 0.5) is 0 Å². The quantitative estimate of drug-likeness (QED) is 0.810. The van der Waals surface area contributed by atoms with Crippen molar-refractivity contribution < 1.29 is 14.6 Å². The van der Waals surface area contributed by atoms with Crippen LogP contribution in [0.25, 0.3) is 0 Å². The van der Waals surface area contributed by atoms with Crippen LogP contribution in [-0.4, -0.2) is 17.1 Å². The fourth-order valence-corrected chi connectivity index (χ4v) is 2.05. The van der Waals surface area contributed by atoms with E-state index in [1.165, 1.54) is 11.8 Å². The summed E-state index contributed by atoms with van der Waals surface area (Å²) >= 11 is 1.34. The van der Waals surface area contributed by atoms with Crippen LogP contribution in [0.15, 0.2) is 41.3 Å². The normalized spacial score (nSPS) is 10.9. The zero-order valence-electron chi connectivity index (χ0n) is 12.6. The van der Waals surface area contributed by atoms with Gasteiger partial charge in [0.05, 0.1) is 17.7 Å². The highest BCUT2D eigenvalue weighted by Crippen LogP contribution is 2.20. The number of hydrogen-bond donors (Lipinski definition) is 2. The number of aliphatic hydroxyl groups is 1. The molecule has 0 aliphatic rings. The molecule has 0 spiro atoms. The standard InChI is InChI=1S/C16H21NO3S/c1-5-6-21-12(4)17-16(19)14-7-13(10-18)8-15(9-14)20-11(2)3/h5-9,11,18H,4,10H2,1-3H3,(H,17,19)/b6-5-. The van der Waals surface area contributed by atoms with E-state index in [0.29, 0.717) is 21.9 Å². The summed E-state index contributed by atoms with van der Waals surface area (Å²) in [7, 11) is 0. The van der Waals surface area contributed by atoms with Crippen molar-refractivity contribution in [1.29, 1.82) is 0 Å². The number of aliphatic hydroxyl groups excluding tert-OH is 1. The summed E-state index contributed by atoms with van der Waals surface area (Å²) in [6.45, 7) is 9.32. The molecule has 1 aromatic rings. The van der Waals surface area contributed by atoms with Crippen molar-refractivity contribution in [3.8, 4) is 5.75 Å². The van der Waals surface area contributed by atoms with Gasteiger partial charge in [0.15, 0.2) is 0 Å². The van der Waals surface area contributed by atoms with E-state index in [-0.39, 0.29) is 18.6 Å². The zero-order chi connectivity index (χ0) is 15.8. The highest BCUT2D eigenvalue weighted by Gasteiger charge is 2.11.